The smallest absolute Gasteiger partial charge is 0.343 e. The van der Waals surface area contributed by atoms with Gasteiger partial charge in [-0.25, -0.2) is 4.79 Å². The van der Waals surface area contributed by atoms with Crippen LogP contribution in [0.1, 0.15) is 42.3 Å². The number of hydrogen-bond acceptors (Lipinski definition) is 5. The molecular formula is C22H22O5. The summed E-state index contributed by atoms with van der Waals surface area (Å²) in [6, 6.07) is 12.9. The van der Waals surface area contributed by atoms with Crippen molar-refractivity contribution in [2.45, 2.75) is 26.2 Å². The molecule has 0 saturated carbocycles. The summed E-state index contributed by atoms with van der Waals surface area (Å²) in [7, 11) is 1.29. The van der Waals surface area contributed by atoms with Crippen molar-refractivity contribution >= 4 is 17.8 Å². The van der Waals surface area contributed by atoms with E-state index < -0.39 is 5.97 Å². The number of esters is 1. The first-order valence-electron chi connectivity index (χ1n) is 8.66. The molecule has 1 aliphatic heterocycles. The Morgan fingerprint density at radius 1 is 1.11 bits per heavy atom. The molecule has 1 aliphatic rings. The number of ketones is 1. The molecule has 0 spiro atoms. The number of allylic oxidation sites excluding steroid dienone is 1. The van der Waals surface area contributed by atoms with Crippen LogP contribution in [0.5, 0.6) is 11.5 Å². The van der Waals surface area contributed by atoms with Crippen molar-refractivity contribution in [3.05, 3.63) is 64.9 Å². The van der Waals surface area contributed by atoms with Gasteiger partial charge in [-0.15, -0.1) is 0 Å². The van der Waals surface area contributed by atoms with Gasteiger partial charge in [0.25, 0.3) is 0 Å². The van der Waals surface area contributed by atoms with E-state index in [1.165, 1.54) is 12.7 Å². The molecule has 0 fully saturated rings. The Morgan fingerprint density at radius 2 is 1.81 bits per heavy atom. The van der Waals surface area contributed by atoms with Crippen LogP contribution in [-0.2, 0) is 14.9 Å². The van der Waals surface area contributed by atoms with Gasteiger partial charge in [-0.1, -0.05) is 45.0 Å². The average molecular weight is 366 g/mol. The number of carbonyl (C=O) groups is 2. The molecule has 0 bridgehead atoms. The van der Waals surface area contributed by atoms with Crippen LogP contribution in [0.25, 0.3) is 6.08 Å². The minimum Gasteiger partial charge on any atom is -0.482 e. The van der Waals surface area contributed by atoms with E-state index in [2.05, 4.69) is 37.6 Å². The maximum Gasteiger partial charge on any atom is 0.343 e. The highest BCUT2D eigenvalue weighted by Crippen LogP contribution is 2.35. The number of benzene rings is 2. The van der Waals surface area contributed by atoms with E-state index in [1.54, 1.807) is 24.3 Å². The van der Waals surface area contributed by atoms with E-state index in [1.807, 2.05) is 12.1 Å². The third-order valence-electron chi connectivity index (χ3n) is 4.30. The van der Waals surface area contributed by atoms with E-state index in [4.69, 9.17) is 9.47 Å². The lowest BCUT2D eigenvalue weighted by Crippen LogP contribution is -2.12. The highest BCUT2D eigenvalue weighted by atomic mass is 16.6. The van der Waals surface area contributed by atoms with Gasteiger partial charge in [-0.3, -0.25) is 4.79 Å². The molecule has 27 heavy (non-hydrogen) atoms. The van der Waals surface area contributed by atoms with Crippen LogP contribution < -0.4 is 9.47 Å². The quantitative estimate of drug-likeness (QED) is 0.601. The largest absolute Gasteiger partial charge is 0.482 e. The Morgan fingerprint density at radius 3 is 2.44 bits per heavy atom. The Balaban J connectivity index is 1.77. The number of fused-ring (bicyclic) bond motifs is 1. The zero-order valence-corrected chi connectivity index (χ0v) is 15.9. The molecule has 0 aliphatic carbocycles. The summed E-state index contributed by atoms with van der Waals surface area (Å²) >= 11 is 0. The standard InChI is InChI=1S/C22H22O5/c1-22(2,3)15-7-5-14(6-8-15)11-19-21(24)17-10-9-16(12-18(17)27-19)26-13-20(23)25-4/h5-12H,13H2,1-4H3. The summed E-state index contributed by atoms with van der Waals surface area (Å²) in [6.07, 6.45) is 1.73. The van der Waals surface area contributed by atoms with Gasteiger partial charge in [0, 0.05) is 6.07 Å². The second-order valence-corrected chi connectivity index (χ2v) is 7.33. The van der Waals surface area contributed by atoms with Gasteiger partial charge in [-0.2, -0.15) is 0 Å². The lowest BCUT2D eigenvalue weighted by Gasteiger charge is -2.18. The predicted octanol–water partition coefficient (Wildman–Crippen LogP) is 4.15. The lowest BCUT2D eigenvalue weighted by molar-refractivity contribution is -0.142. The first kappa shape index (κ1) is 18.7. The van der Waals surface area contributed by atoms with E-state index in [0.717, 1.165) is 5.56 Å². The molecule has 3 rings (SSSR count). The molecular weight excluding hydrogens is 344 g/mol. The molecule has 0 radical (unpaired) electrons. The van der Waals surface area contributed by atoms with Crippen LogP contribution in [0.2, 0.25) is 0 Å². The van der Waals surface area contributed by atoms with Crippen molar-refractivity contribution in [3.8, 4) is 11.5 Å². The Labute approximate surface area is 158 Å². The molecule has 5 heteroatoms. The third-order valence-corrected chi connectivity index (χ3v) is 4.30. The van der Waals surface area contributed by atoms with Crippen molar-refractivity contribution in [2.75, 3.05) is 13.7 Å². The molecule has 2 aromatic rings. The summed E-state index contributed by atoms with van der Waals surface area (Å²) in [5.41, 5.74) is 2.65. The molecule has 1 heterocycles. The van der Waals surface area contributed by atoms with Crippen LogP contribution in [0.3, 0.4) is 0 Å². The minimum atomic E-state index is -0.480. The maximum absolute atomic E-state index is 12.5. The van der Waals surface area contributed by atoms with Crippen molar-refractivity contribution in [1.82, 2.24) is 0 Å². The van der Waals surface area contributed by atoms with Crippen molar-refractivity contribution in [3.63, 3.8) is 0 Å². The molecule has 0 amide bonds. The van der Waals surface area contributed by atoms with Gasteiger partial charge in [0.1, 0.15) is 11.5 Å². The summed E-state index contributed by atoms with van der Waals surface area (Å²) in [6.45, 7) is 6.26. The highest BCUT2D eigenvalue weighted by molar-refractivity contribution is 6.14. The van der Waals surface area contributed by atoms with Crippen LogP contribution in [-0.4, -0.2) is 25.5 Å². The predicted molar refractivity (Wildman–Crippen MR) is 102 cm³/mol. The fourth-order valence-electron chi connectivity index (χ4n) is 2.69. The van der Waals surface area contributed by atoms with Gasteiger partial charge >= 0.3 is 5.97 Å². The number of Topliss-reactive ketones (excluding diaryl/α,β-unsaturated/α-hetero) is 1. The SMILES string of the molecule is COC(=O)COc1ccc2c(c1)OC(=Cc1ccc(C(C)(C)C)cc1)C2=O. The van der Waals surface area contributed by atoms with Gasteiger partial charge in [-0.05, 0) is 34.8 Å². The highest BCUT2D eigenvalue weighted by Gasteiger charge is 2.27. The number of hydrogen-bond donors (Lipinski definition) is 0. The fourth-order valence-corrected chi connectivity index (χ4v) is 2.69. The fraction of sp³-hybridized carbons (Fsp3) is 0.273. The number of methoxy groups -OCH3 is 1. The molecule has 0 unspecified atom stereocenters. The Kier molecular flexibility index (Phi) is 5.04. The van der Waals surface area contributed by atoms with Crippen molar-refractivity contribution < 1.29 is 23.8 Å². The second kappa shape index (κ2) is 7.27. The molecule has 0 N–H and O–H groups in total. The summed E-state index contributed by atoms with van der Waals surface area (Å²) in [5.74, 6) is 0.456. The first-order valence-corrected chi connectivity index (χ1v) is 8.66. The van der Waals surface area contributed by atoms with E-state index in [0.29, 0.717) is 17.1 Å². The summed E-state index contributed by atoms with van der Waals surface area (Å²) in [5, 5.41) is 0. The zero-order valence-electron chi connectivity index (χ0n) is 15.9. The summed E-state index contributed by atoms with van der Waals surface area (Å²) in [4.78, 5) is 23.7. The molecule has 0 atom stereocenters. The van der Waals surface area contributed by atoms with Gasteiger partial charge in [0.15, 0.2) is 12.4 Å². The number of ether oxygens (including phenoxy) is 3. The van der Waals surface area contributed by atoms with Gasteiger partial charge < -0.3 is 14.2 Å². The van der Waals surface area contributed by atoms with Gasteiger partial charge in [0.05, 0.1) is 12.7 Å². The molecule has 2 aromatic carbocycles. The Bertz CT molecular complexity index is 901. The minimum absolute atomic E-state index is 0.0716. The van der Waals surface area contributed by atoms with Crippen LogP contribution in [0.4, 0.5) is 0 Å². The van der Waals surface area contributed by atoms with Crippen LogP contribution in [0, 0.1) is 0 Å². The van der Waals surface area contributed by atoms with E-state index in [-0.39, 0.29) is 23.6 Å². The van der Waals surface area contributed by atoms with Crippen LogP contribution in [0.15, 0.2) is 48.2 Å². The second-order valence-electron chi connectivity index (χ2n) is 7.33. The number of rotatable bonds is 4. The normalized spacial score (nSPS) is 14.7. The molecule has 0 aromatic heterocycles. The number of carbonyl (C=O) groups excluding carboxylic acids is 2. The van der Waals surface area contributed by atoms with E-state index in [9.17, 15) is 9.59 Å². The van der Waals surface area contributed by atoms with Crippen LogP contribution >= 0.6 is 0 Å². The van der Waals surface area contributed by atoms with Crippen molar-refractivity contribution in [1.29, 1.82) is 0 Å². The third kappa shape index (κ3) is 4.19. The van der Waals surface area contributed by atoms with Crippen molar-refractivity contribution in [2.24, 2.45) is 0 Å². The molecule has 140 valence electrons. The first-order chi connectivity index (χ1) is 12.8. The summed E-state index contributed by atoms with van der Waals surface area (Å²) < 4.78 is 15.6. The molecule has 0 saturated heterocycles. The lowest BCUT2D eigenvalue weighted by atomic mass is 9.86. The maximum atomic E-state index is 12.5. The Hall–Kier alpha value is -3.08. The van der Waals surface area contributed by atoms with E-state index >= 15 is 0 Å². The zero-order chi connectivity index (χ0) is 19.6. The molecule has 5 nitrogen and oxygen atoms in total. The van der Waals surface area contributed by atoms with Gasteiger partial charge in [0.2, 0.25) is 5.78 Å². The monoisotopic (exact) mass is 366 g/mol. The topological polar surface area (TPSA) is 61.8 Å². The average Bonchev–Trinajstić information content (AvgIpc) is 2.94.